The third kappa shape index (κ3) is 41.5. The van der Waals surface area contributed by atoms with Crippen LogP contribution in [0.1, 0.15) is 240 Å². The Morgan fingerprint density at radius 3 is 1.56 bits per heavy atom. The quantitative estimate of drug-likeness (QED) is 0.0280. The average Bonchev–Trinajstić information content (AvgIpc) is 3.23. The van der Waals surface area contributed by atoms with E-state index < -0.39 is 16.9 Å². The summed E-state index contributed by atoms with van der Waals surface area (Å²) in [5.41, 5.74) is 0. The second-order valence-corrected chi connectivity index (χ2v) is 28.8. The van der Waals surface area contributed by atoms with Gasteiger partial charge in [0.2, 0.25) is 0 Å². The van der Waals surface area contributed by atoms with Gasteiger partial charge < -0.3 is 28.0 Å². The van der Waals surface area contributed by atoms with Crippen molar-refractivity contribution in [2.24, 2.45) is 0 Å². The van der Waals surface area contributed by atoms with E-state index in [1.807, 2.05) is 11.8 Å². The Morgan fingerprint density at radius 1 is 0.532 bits per heavy atom. The summed E-state index contributed by atoms with van der Waals surface area (Å²) in [7, 11) is -4.16. The molecule has 0 fully saturated rings. The van der Waals surface area contributed by atoms with E-state index in [1.165, 1.54) is 147 Å². The Hall–Kier alpha value is 0.0538. The van der Waals surface area contributed by atoms with Crippen LogP contribution in [-0.2, 0) is 22.8 Å². The summed E-state index contributed by atoms with van der Waals surface area (Å²) in [4.78, 5) is 15.6. The van der Waals surface area contributed by atoms with Crippen LogP contribution in [0.2, 0.25) is 32.2 Å². The minimum absolute atomic E-state index is 0.00388. The smallest absolute Gasteiger partial charge is 0.323 e. The highest BCUT2D eigenvalue weighted by atomic mass is 32.2. The molecule has 0 spiro atoms. The van der Waals surface area contributed by atoms with Crippen LogP contribution in [0.5, 0.6) is 0 Å². The van der Waals surface area contributed by atoms with E-state index in [1.54, 1.807) is 0 Å². The highest BCUT2D eigenvalue weighted by Crippen LogP contribution is 2.26. The summed E-state index contributed by atoms with van der Waals surface area (Å²) in [5, 5.41) is 9.46. The molecule has 0 radical (unpaired) electrons. The SMILES string of the molecule is CCCCCCCCCCSC(CCCC)C(=O)OCCCCCCN(CCCCO)CCCCCC(OCCCCCCCC)O[Si](C)(C)O[Si](C)(C)CCCCCCCC. The first kappa shape index (κ1) is 62.1. The molecule has 0 saturated heterocycles. The molecule has 0 amide bonds. The van der Waals surface area contributed by atoms with Gasteiger partial charge in [-0.1, -0.05) is 175 Å². The number of carbonyl (C=O) groups excluding carboxylic acids is 1. The van der Waals surface area contributed by atoms with Gasteiger partial charge in [-0.2, -0.15) is 0 Å². The first-order chi connectivity index (χ1) is 30.0. The number of hydrogen-bond donors (Lipinski definition) is 1. The van der Waals surface area contributed by atoms with E-state index in [2.05, 4.69) is 58.8 Å². The van der Waals surface area contributed by atoms with Crippen LogP contribution >= 0.6 is 11.8 Å². The molecule has 0 aliphatic rings. The van der Waals surface area contributed by atoms with Gasteiger partial charge in [-0.05, 0) is 122 Å². The van der Waals surface area contributed by atoms with E-state index in [9.17, 15) is 9.90 Å². The van der Waals surface area contributed by atoms with Crippen molar-refractivity contribution in [2.45, 2.75) is 283 Å². The molecule has 372 valence electrons. The van der Waals surface area contributed by atoms with E-state index in [4.69, 9.17) is 18.0 Å². The number of rotatable bonds is 50. The number of nitrogens with zero attached hydrogens (tertiary/aromatic N) is 1. The Kier molecular flexibility index (Phi) is 44.9. The minimum Gasteiger partial charge on any atom is -0.465 e. The molecule has 0 rings (SSSR count). The lowest BCUT2D eigenvalue weighted by Gasteiger charge is -2.36. The molecule has 0 aliphatic heterocycles. The van der Waals surface area contributed by atoms with Crippen molar-refractivity contribution in [3.63, 3.8) is 0 Å². The number of thioether (sulfide) groups is 1. The third-order valence-electron chi connectivity index (χ3n) is 12.2. The average molecular weight is 933 g/mol. The van der Waals surface area contributed by atoms with Crippen molar-refractivity contribution in [3.05, 3.63) is 0 Å². The number of aliphatic hydroxyl groups excluding tert-OH is 1. The van der Waals surface area contributed by atoms with Crippen LogP contribution in [0.25, 0.3) is 0 Å². The maximum atomic E-state index is 13.0. The zero-order valence-electron chi connectivity index (χ0n) is 43.0. The first-order valence-corrected chi connectivity index (χ1v) is 34.1. The lowest BCUT2D eigenvalue weighted by atomic mass is 10.1. The molecule has 62 heavy (non-hydrogen) atoms. The molecular weight excluding hydrogens is 823 g/mol. The molecule has 10 heteroatoms. The third-order valence-corrected chi connectivity index (χ3v) is 20.1. The van der Waals surface area contributed by atoms with Gasteiger partial charge >= 0.3 is 14.5 Å². The molecule has 0 saturated carbocycles. The van der Waals surface area contributed by atoms with Gasteiger partial charge in [-0.25, -0.2) is 0 Å². The minimum atomic E-state index is -2.35. The zero-order chi connectivity index (χ0) is 45.8. The van der Waals surface area contributed by atoms with Gasteiger partial charge in [0, 0.05) is 13.2 Å². The van der Waals surface area contributed by atoms with Crippen LogP contribution < -0.4 is 0 Å². The molecule has 7 nitrogen and oxygen atoms in total. The van der Waals surface area contributed by atoms with Gasteiger partial charge in [0.25, 0.3) is 0 Å². The number of carbonyl (C=O) groups is 1. The maximum Gasteiger partial charge on any atom is 0.323 e. The molecule has 0 aliphatic carbocycles. The summed E-state index contributed by atoms with van der Waals surface area (Å²) in [5.74, 6) is 1.09. The van der Waals surface area contributed by atoms with Crippen molar-refractivity contribution >= 4 is 34.6 Å². The van der Waals surface area contributed by atoms with Crippen molar-refractivity contribution < 1.29 is 27.9 Å². The molecule has 0 aromatic heterocycles. The maximum absolute atomic E-state index is 13.0. The molecule has 1 N–H and O–H groups in total. The predicted octanol–water partition coefficient (Wildman–Crippen LogP) is 16.2. The number of aliphatic hydroxyl groups is 1. The second kappa shape index (κ2) is 44.9. The van der Waals surface area contributed by atoms with Crippen molar-refractivity contribution in [1.29, 1.82) is 0 Å². The Labute approximate surface area is 394 Å². The van der Waals surface area contributed by atoms with E-state index in [-0.39, 0.29) is 24.1 Å². The van der Waals surface area contributed by atoms with Crippen molar-refractivity contribution in [1.82, 2.24) is 4.90 Å². The molecule has 0 aromatic rings. The molecule has 0 bridgehead atoms. The summed E-state index contributed by atoms with van der Waals surface area (Å²) < 4.78 is 26.0. The van der Waals surface area contributed by atoms with Crippen LogP contribution in [0.15, 0.2) is 0 Å². The number of hydrogen-bond acceptors (Lipinski definition) is 8. The zero-order valence-corrected chi connectivity index (χ0v) is 45.8. The molecular formula is C52H109NO6SSi2. The summed E-state index contributed by atoms with van der Waals surface area (Å²) in [6, 6.07) is 1.21. The molecule has 2 atom stereocenters. The highest BCUT2D eigenvalue weighted by molar-refractivity contribution is 8.00. The normalized spacial score (nSPS) is 13.3. The van der Waals surface area contributed by atoms with Gasteiger partial charge in [0.15, 0.2) is 8.32 Å². The summed E-state index contributed by atoms with van der Waals surface area (Å²) in [6.45, 7) is 23.1. The molecule has 2 unspecified atom stereocenters. The van der Waals surface area contributed by atoms with Crippen LogP contribution in [-0.4, -0.2) is 89.6 Å². The van der Waals surface area contributed by atoms with Gasteiger partial charge in [-0.15, -0.1) is 11.8 Å². The molecule has 0 heterocycles. The van der Waals surface area contributed by atoms with Gasteiger partial charge in [0.05, 0.1) is 6.61 Å². The van der Waals surface area contributed by atoms with Crippen molar-refractivity contribution in [3.8, 4) is 0 Å². The number of ether oxygens (including phenoxy) is 2. The summed E-state index contributed by atoms with van der Waals surface area (Å²) >= 11 is 1.84. The molecule has 0 aromatic carbocycles. The fraction of sp³-hybridized carbons (Fsp3) is 0.981. The van der Waals surface area contributed by atoms with E-state index in [0.717, 1.165) is 103 Å². The fourth-order valence-electron chi connectivity index (χ4n) is 8.44. The second-order valence-electron chi connectivity index (χ2n) is 19.6. The van der Waals surface area contributed by atoms with Gasteiger partial charge in [-0.3, -0.25) is 4.79 Å². The van der Waals surface area contributed by atoms with Crippen LogP contribution in [0.4, 0.5) is 0 Å². The summed E-state index contributed by atoms with van der Waals surface area (Å²) in [6.07, 6.45) is 39.8. The largest absolute Gasteiger partial charge is 0.465 e. The van der Waals surface area contributed by atoms with E-state index in [0.29, 0.717) is 6.61 Å². The van der Waals surface area contributed by atoms with Crippen molar-refractivity contribution in [2.75, 3.05) is 45.2 Å². The lowest BCUT2D eigenvalue weighted by Crippen LogP contribution is -2.48. The standard InChI is InChI=1S/C52H109NO6SSi2/c1-9-13-17-20-23-24-28-38-48-60-50(40-16-12-4)52(55)57-47-37-27-25-32-42-53(44-34-35-45-54)43-33-30-31-41-51(56-46-36-26-21-18-14-10-2)58-62(7,8)59-61(5,6)49-39-29-22-19-15-11-3/h50-51,54H,9-49H2,1-8H3. The predicted molar refractivity (Wildman–Crippen MR) is 277 cm³/mol. The van der Waals surface area contributed by atoms with Crippen LogP contribution in [0, 0.1) is 0 Å². The Balaban J connectivity index is 4.77. The topological polar surface area (TPSA) is 77.5 Å². The number of esters is 1. The van der Waals surface area contributed by atoms with Crippen LogP contribution in [0.3, 0.4) is 0 Å². The highest BCUT2D eigenvalue weighted by Gasteiger charge is 2.36. The fourth-order valence-corrected chi connectivity index (χ4v) is 17.5. The Bertz CT molecular complexity index is 947. The monoisotopic (exact) mass is 932 g/mol. The Morgan fingerprint density at radius 2 is 1.00 bits per heavy atom. The van der Waals surface area contributed by atoms with E-state index >= 15 is 0 Å². The lowest BCUT2D eigenvalue weighted by molar-refractivity contribution is -0.143. The number of unbranched alkanes of at least 4 members (excludes halogenated alkanes) is 24. The first-order valence-electron chi connectivity index (χ1n) is 27.1. The van der Waals surface area contributed by atoms with Gasteiger partial charge in [0.1, 0.15) is 11.5 Å².